The minimum atomic E-state index is -0.387. The fourth-order valence-electron chi connectivity index (χ4n) is 3.87. The molecule has 4 rings (SSSR count). The molecular formula is C18H18BrNO2. The fraction of sp³-hybridized carbons (Fsp3) is 0.389. The molecule has 1 aliphatic carbocycles. The molecule has 0 aromatic heterocycles. The minimum Gasteiger partial charge on any atom is -0.391 e. The second-order valence-electron chi connectivity index (χ2n) is 6.28. The maximum atomic E-state index is 12.8. The van der Waals surface area contributed by atoms with Crippen LogP contribution in [-0.4, -0.2) is 28.1 Å². The van der Waals surface area contributed by atoms with Crippen molar-refractivity contribution in [3.8, 4) is 0 Å². The van der Waals surface area contributed by atoms with E-state index >= 15 is 0 Å². The van der Waals surface area contributed by atoms with E-state index in [1.54, 1.807) is 0 Å². The molecule has 2 atom stereocenters. The molecule has 0 saturated heterocycles. The van der Waals surface area contributed by atoms with Crippen molar-refractivity contribution < 1.29 is 9.90 Å². The number of amides is 1. The van der Waals surface area contributed by atoms with E-state index in [4.69, 9.17) is 0 Å². The van der Waals surface area contributed by atoms with Crippen LogP contribution in [0.3, 0.4) is 0 Å². The van der Waals surface area contributed by atoms with Gasteiger partial charge in [-0.15, -0.1) is 0 Å². The Kier molecular flexibility index (Phi) is 3.46. The summed E-state index contributed by atoms with van der Waals surface area (Å²) in [6.07, 6.45) is 3.46. The Morgan fingerprint density at radius 2 is 1.86 bits per heavy atom. The van der Waals surface area contributed by atoms with Gasteiger partial charge in [-0.05, 0) is 35.2 Å². The van der Waals surface area contributed by atoms with Crippen molar-refractivity contribution in [2.24, 2.45) is 0 Å². The summed E-state index contributed by atoms with van der Waals surface area (Å²) in [4.78, 5) is 14.7. The molecule has 0 bridgehead atoms. The molecular weight excluding hydrogens is 342 g/mol. The van der Waals surface area contributed by atoms with Gasteiger partial charge in [-0.2, -0.15) is 0 Å². The molecule has 1 saturated carbocycles. The zero-order valence-electron chi connectivity index (χ0n) is 12.3. The van der Waals surface area contributed by atoms with Crippen LogP contribution in [0, 0.1) is 0 Å². The second-order valence-corrected chi connectivity index (χ2v) is 7.14. The number of aliphatic hydroxyl groups is 1. The number of fused-ring (bicyclic) bond motifs is 3. The first-order valence-electron chi connectivity index (χ1n) is 7.86. The molecule has 0 spiro atoms. The number of benzene rings is 2. The Hall–Kier alpha value is -1.39. The quantitative estimate of drug-likeness (QED) is 0.839. The van der Waals surface area contributed by atoms with Crippen molar-refractivity contribution in [2.45, 2.75) is 44.4 Å². The van der Waals surface area contributed by atoms with Crippen LogP contribution in [0.2, 0.25) is 0 Å². The van der Waals surface area contributed by atoms with Crippen LogP contribution in [0.1, 0.15) is 41.6 Å². The number of carbonyl (C=O) groups excluding carboxylic acids is 1. The van der Waals surface area contributed by atoms with Gasteiger partial charge in [0.2, 0.25) is 0 Å². The lowest BCUT2D eigenvalue weighted by Crippen LogP contribution is -2.45. The van der Waals surface area contributed by atoms with Gasteiger partial charge < -0.3 is 10.0 Å². The van der Waals surface area contributed by atoms with Crippen LogP contribution in [0.5, 0.6) is 0 Å². The smallest absolute Gasteiger partial charge is 0.254 e. The van der Waals surface area contributed by atoms with Crippen LogP contribution in [-0.2, 0) is 6.54 Å². The van der Waals surface area contributed by atoms with Gasteiger partial charge in [0, 0.05) is 16.6 Å². The molecule has 114 valence electrons. The number of hydrogen-bond acceptors (Lipinski definition) is 2. The molecule has 22 heavy (non-hydrogen) atoms. The Labute approximate surface area is 138 Å². The predicted molar refractivity (Wildman–Crippen MR) is 89.8 cm³/mol. The van der Waals surface area contributed by atoms with E-state index in [1.807, 2.05) is 23.1 Å². The highest BCUT2D eigenvalue weighted by molar-refractivity contribution is 9.10. The van der Waals surface area contributed by atoms with Gasteiger partial charge in [0.1, 0.15) is 0 Å². The van der Waals surface area contributed by atoms with E-state index in [1.165, 1.54) is 0 Å². The topological polar surface area (TPSA) is 40.5 Å². The molecule has 4 heteroatoms. The third kappa shape index (κ3) is 2.09. The van der Waals surface area contributed by atoms with Crippen molar-refractivity contribution in [3.63, 3.8) is 0 Å². The zero-order valence-corrected chi connectivity index (χ0v) is 13.8. The number of hydrogen-bond donors (Lipinski definition) is 1. The fourth-order valence-corrected chi connectivity index (χ4v) is 4.45. The molecule has 2 aromatic carbocycles. The van der Waals surface area contributed by atoms with Gasteiger partial charge in [0.05, 0.1) is 12.1 Å². The summed E-state index contributed by atoms with van der Waals surface area (Å²) < 4.78 is 0.959. The average Bonchev–Trinajstić information content (AvgIpc) is 2.86. The Morgan fingerprint density at radius 3 is 2.64 bits per heavy atom. The lowest BCUT2D eigenvalue weighted by Gasteiger charge is -2.35. The number of nitrogens with zero attached hydrogens (tertiary/aromatic N) is 1. The van der Waals surface area contributed by atoms with Crippen LogP contribution in [0.15, 0.2) is 34.8 Å². The number of halogens is 1. The number of aliphatic hydroxyl groups excluding tert-OH is 1. The first-order valence-corrected chi connectivity index (χ1v) is 8.65. The summed E-state index contributed by atoms with van der Waals surface area (Å²) in [6.45, 7) is 0.615. The maximum absolute atomic E-state index is 12.8. The third-order valence-corrected chi connectivity index (χ3v) is 5.68. The number of rotatable bonds is 1. The van der Waals surface area contributed by atoms with Crippen LogP contribution in [0.4, 0.5) is 0 Å². The summed E-state index contributed by atoms with van der Waals surface area (Å²) in [6, 6.07) is 10.1. The van der Waals surface area contributed by atoms with Crippen molar-refractivity contribution in [1.29, 1.82) is 0 Å². The first-order chi connectivity index (χ1) is 10.7. The maximum Gasteiger partial charge on any atom is 0.254 e. The zero-order chi connectivity index (χ0) is 15.3. The molecule has 2 aromatic rings. The summed E-state index contributed by atoms with van der Waals surface area (Å²) in [5.41, 5.74) is 1.88. The normalized spacial score (nSPS) is 24.8. The van der Waals surface area contributed by atoms with Crippen molar-refractivity contribution in [2.75, 3.05) is 0 Å². The van der Waals surface area contributed by atoms with Crippen LogP contribution >= 0.6 is 15.9 Å². The molecule has 1 fully saturated rings. The highest BCUT2D eigenvalue weighted by atomic mass is 79.9. The van der Waals surface area contributed by atoms with Gasteiger partial charge in [0.25, 0.3) is 5.91 Å². The summed E-state index contributed by atoms with van der Waals surface area (Å²) in [5, 5.41) is 12.6. The van der Waals surface area contributed by atoms with E-state index in [9.17, 15) is 9.90 Å². The minimum absolute atomic E-state index is 0.0359. The van der Waals surface area contributed by atoms with Gasteiger partial charge in [-0.1, -0.05) is 53.0 Å². The summed E-state index contributed by atoms with van der Waals surface area (Å²) in [7, 11) is 0. The van der Waals surface area contributed by atoms with Crippen molar-refractivity contribution in [3.05, 3.63) is 45.9 Å². The third-order valence-electron chi connectivity index (χ3n) is 5.02. The Morgan fingerprint density at radius 1 is 1.14 bits per heavy atom. The predicted octanol–water partition coefficient (Wildman–Crippen LogP) is 3.86. The molecule has 3 nitrogen and oxygen atoms in total. The second kappa shape index (κ2) is 5.36. The number of carbonyl (C=O) groups is 1. The summed E-state index contributed by atoms with van der Waals surface area (Å²) >= 11 is 3.59. The van der Waals surface area contributed by atoms with Crippen molar-refractivity contribution in [1.82, 2.24) is 4.90 Å². The monoisotopic (exact) mass is 359 g/mol. The standard InChI is InChI=1S/C18H18BrNO2/c19-15-9-13-14(11-5-1-2-6-12(11)15)10-20(18(13)22)16-7-3-4-8-17(16)21/h1-2,5-6,9,16-17,21H,3-4,7-8,10H2/t16?,17-/m0/s1. The lowest BCUT2D eigenvalue weighted by atomic mass is 9.91. The molecule has 1 unspecified atom stereocenters. The molecule has 1 amide bonds. The highest BCUT2D eigenvalue weighted by Crippen LogP contribution is 2.37. The Balaban J connectivity index is 1.79. The van der Waals surface area contributed by atoms with E-state index in [0.29, 0.717) is 6.54 Å². The van der Waals surface area contributed by atoms with Crippen molar-refractivity contribution >= 4 is 32.6 Å². The first kappa shape index (κ1) is 14.2. The van der Waals surface area contributed by atoms with Gasteiger partial charge in [-0.3, -0.25) is 4.79 Å². The Bertz CT molecular complexity index is 758. The van der Waals surface area contributed by atoms with Crippen LogP contribution < -0.4 is 0 Å². The van der Waals surface area contributed by atoms with E-state index < -0.39 is 0 Å². The van der Waals surface area contributed by atoms with E-state index in [-0.39, 0.29) is 18.1 Å². The summed E-state index contributed by atoms with van der Waals surface area (Å²) in [5.74, 6) is 0.0624. The van der Waals surface area contributed by atoms with E-state index in [2.05, 4.69) is 28.1 Å². The lowest BCUT2D eigenvalue weighted by molar-refractivity contribution is 0.0192. The van der Waals surface area contributed by atoms with Gasteiger partial charge in [-0.25, -0.2) is 0 Å². The van der Waals surface area contributed by atoms with Gasteiger partial charge in [0.15, 0.2) is 0 Å². The van der Waals surface area contributed by atoms with Gasteiger partial charge >= 0.3 is 0 Å². The molecule has 1 heterocycles. The SMILES string of the molecule is O=C1c2cc(Br)c3ccccc3c2CN1C1CCCC[C@@H]1O. The molecule has 2 aliphatic rings. The largest absolute Gasteiger partial charge is 0.391 e. The molecule has 1 N–H and O–H groups in total. The average molecular weight is 360 g/mol. The highest BCUT2D eigenvalue weighted by Gasteiger charge is 2.38. The molecule has 1 aliphatic heterocycles. The molecule has 0 radical (unpaired) electrons. The van der Waals surface area contributed by atoms with Crippen LogP contribution in [0.25, 0.3) is 10.8 Å². The van der Waals surface area contributed by atoms with E-state index in [0.717, 1.165) is 52.1 Å².